The third kappa shape index (κ3) is 5.92. The lowest BCUT2D eigenvalue weighted by Gasteiger charge is -2.14. The molecule has 1 N–H and O–H groups in total. The van der Waals surface area contributed by atoms with Gasteiger partial charge < -0.3 is 14.8 Å². The molecule has 0 aromatic heterocycles. The van der Waals surface area contributed by atoms with E-state index in [4.69, 9.17) is 9.47 Å². The van der Waals surface area contributed by atoms with E-state index >= 15 is 0 Å². The third-order valence-electron chi connectivity index (χ3n) is 4.11. The fraction of sp³-hybridized carbons (Fsp3) is 0.333. The van der Waals surface area contributed by atoms with Crippen LogP contribution in [0.1, 0.15) is 38.7 Å². The molecule has 5 nitrogen and oxygen atoms in total. The van der Waals surface area contributed by atoms with Crippen molar-refractivity contribution in [2.45, 2.75) is 39.2 Å². The van der Waals surface area contributed by atoms with Crippen LogP contribution in [-0.2, 0) is 14.3 Å². The maximum absolute atomic E-state index is 11.9. The number of hydrogen-bond donors (Lipinski definition) is 1. The van der Waals surface area contributed by atoms with Gasteiger partial charge in [0.2, 0.25) is 0 Å². The van der Waals surface area contributed by atoms with E-state index in [1.165, 1.54) is 5.56 Å². The molecule has 0 fully saturated rings. The summed E-state index contributed by atoms with van der Waals surface area (Å²) < 4.78 is 10.5. The Balaban J connectivity index is 1.78. The van der Waals surface area contributed by atoms with E-state index in [1.54, 1.807) is 19.1 Å². The number of anilines is 1. The van der Waals surface area contributed by atoms with Crippen molar-refractivity contribution in [1.29, 1.82) is 0 Å². The molecule has 0 saturated heterocycles. The van der Waals surface area contributed by atoms with Crippen molar-refractivity contribution in [3.05, 3.63) is 60.2 Å². The first-order chi connectivity index (χ1) is 12.5. The fourth-order valence-corrected chi connectivity index (χ4v) is 2.33. The molecule has 0 heterocycles. The molecular weight excluding hydrogens is 330 g/mol. The summed E-state index contributed by atoms with van der Waals surface area (Å²) in [6.45, 7) is 5.53. The van der Waals surface area contributed by atoms with Gasteiger partial charge in [0.05, 0.1) is 0 Å². The van der Waals surface area contributed by atoms with Crippen molar-refractivity contribution in [1.82, 2.24) is 0 Å². The molecule has 2 aromatic rings. The molecular formula is C21H25NO4. The van der Waals surface area contributed by atoms with Gasteiger partial charge in [-0.3, -0.25) is 4.79 Å². The number of para-hydroxylation sites is 1. The summed E-state index contributed by atoms with van der Waals surface area (Å²) in [5, 5.41) is 2.71. The lowest BCUT2D eigenvalue weighted by atomic mass is 9.99. The second kappa shape index (κ2) is 9.61. The van der Waals surface area contributed by atoms with Gasteiger partial charge in [-0.05, 0) is 49.1 Å². The standard InChI is InChI=1S/C21H25NO4/c1-4-15(2)17-10-12-18(13-11-17)22-20(23)14-25-21(24)16(3)26-19-8-6-5-7-9-19/h5-13,15-16H,4,14H2,1-3H3,(H,22,23)/t15-,16+/m0/s1. The number of carbonyl (C=O) groups excluding carboxylic acids is 2. The van der Waals surface area contributed by atoms with Gasteiger partial charge in [0.15, 0.2) is 12.7 Å². The van der Waals surface area contributed by atoms with Crippen LogP contribution >= 0.6 is 0 Å². The maximum Gasteiger partial charge on any atom is 0.347 e. The van der Waals surface area contributed by atoms with Crippen molar-refractivity contribution < 1.29 is 19.1 Å². The predicted octanol–water partition coefficient (Wildman–Crippen LogP) is 4.15. The number of nitrogens with one attached hydrogen (secondary N) is 1. The summed E-state index contributed by atoms with van der Waals surface area (Å²) in [5.74, 6) is 0.0762. The average Bonchev–Trinajstić information content (AvgIpc) is 2.66. The van der Waals surface area contributed by atoms with E-state index < -0.39 is 12.1 Å². The predicted molar refractivity (Wildman–Crippen MR) is 101 cm³/mol. The van der Waals surface area contributed by atoms with E-state index in [0.29, 0.717) is 17.4 Å². The monoisotopic (exact) mass is 355 g/mol. The summed E-state index contributed by atoms with van der Waals surface area (Å²) in [6.07, 6.45) is 0.269. The first kappa shape index (κ1) is 19.5. The van der Waals surface area contributed by atoms with Crippen LogP contribution in [0.3, 0.4) is 0 Å². The van der Waals surface area contributed by atoms with Crippen LogP contribution in [0.2, 0.25) is 0 Å². The van der Waals surface area contributed by atoms with Gasteiger partial charge >= 0.3 is 5.97 Å². The van der Waals surface area contributed by atoms with Gasteiger partial charge in [-0.15, -0.1) is 0 Å². The highest BCUT2D eigenvalue weighted by Crippen LogP contribution is 2.20. The Hall–Kier alpha value is -2.82. The van der Waals surface area contributed by atoms with Crippen molar-refractivity contribution in [3.63, 3.8) is 0 Å². The molecule has 0 saturated carbocycles. The number of benzene rings is 2. The SMILES string of the molecule is CC[C@H](C)c1ccc(NC(=O)COC(=O)[C@@H](C)Oc2ccccc2)cc1. The number of ether oxygens (including phenoxy) is 2. The summed E-state index contributed by atoms with van der Waals surface area (Å²) in [4.78, 5) is 23.9. The van der Waals surface area contributed by atoms with Crippen LogP contribution in [-0.4, -0.2) is 24.6 Å². The van der Waals surface area contributed by atoms with Crippen molar-refractivity contribution in [3.8, 4) is 5.75 Å². The van der Waals surface area contributed by atoms with Crippen LogP contribution in [0.5, 0.6) is 5.75 Å². The maximum atomic E-state index is 11.9. The summed E-state index contributed by atoms with van der Waals surface area (Å²) in [7, 11) is 0. The fourth-order valence-electron chi connectivity index (χ4n) is 2.33. The Kier molecular flexibility index (Phi) is 7.21. The van der Waals surface area contributed by atoms with Gasteiger partial charge in [-0.25, -0.2) is 4.79 Å². The molecule has 2 rings (SSSR count). The molecule has 1 amide bonds. The van der Waals surface area contributed by atoms with Crippen LogP contribution in [0.15, 0.2) is 54.6 Å². The first-order valence-corrected chi connectivity index (χ1v) is 8.77. The summed E-state index contributed by atoms with van der Waals surface area (Å²) >= 11 is 0. The zero-order valence-corrected chi connectivity index (χ0v) is 15.4. The van der Waals surface area contributed by atoms with E-state index in [-0.39, 0.29) is 12.5 Å². The lowest BCUT2D eigenvalue weighted by molar-refractivity contribution is -0.153. The van der Waals surface area contributed by atoms with Crippen LogP contribution in [0, 0.1) is 0 Å². The lowest BCUT2D eigenvalue weighted by Crippen LogP contribution is -2.29. The van der Waals surface area contributed by atoms with Gasteiger partial charge in [-0.1, -0.05) is 44.2 Å². The van der Waals surface area contributed by atoms with Crippen molar-refractivity contribution in [2.24, 2.45) is 0 Å². The largest absolute Gasteiger partial charge is 0.479 e. The number of hydrogen-bond acceptors (Lipinski definition) is 4. The Morgan fingerprint density at radius 2 is 1.65 bits per heavy atom. The molecule has 0 aliphatic carbocycles. The van der Waals surface area contributed by atoms with E-state index in [2.05, 4.69) is 19.2 Å². The molecule has 26 heavy (non-hydrogen) atoms. The topological polar surface area (TPSA) is 64.6 Å². The van der Waals surface area contributed by atoms with Crippen LogP contribution < -0.4 is 10.1 Å². The Bertz CT molecular complexity index is 713. The number of amides is 1. The highest BCUT2D eigenvalue weighted by atomic mass is 16.6. The Morgan fingerprint density at radius 1 is 1.00 bits per heavy atom. The molecule has 2 atom stereocenters. The van der Waals surface area contributed by atoms with Gasteiger partial charge in [0, 0.05) is 5.69 Å². The average molecular weight is 355 g/mol. The Labute approximate surface area is 154 Å². The van der Waals surface area contributed by atoms with Gasteiger partial charge in [0.25, 0.3) is 5.91 Å². The molecule has 0 spiro atoms. The molecule has 5 heteroatoms. The normalized spacial score (nSPS) is 12.7. The molecule has 0 aliphatic heterocycles. The molecule has 0 radical (unpaired) electrons. The minimum Gasteiger partial charge on any atom is -0.479 e. The minimum absolute atomic E-state index is 0.353. The highest BCUT2D eigenvalue weighted by Gasteiger charge is 2.17. The number of esters is 1. The van der Waals surface area contributed by atoms with E-state index in [9.17, 15) is 9.59 Å². The van der Waals surface area contributed by atoms with Gasteiger partial charge in [-0.2, -0.15) is 0 Å². The summed E-state index contributed by atoms with van der Waals surface area (Å²) in [6, 6.07) is 16.7. The Morgan fingerprint density at radius 3 is 2.27 bits per heavy atom. The second-order valence-electron chi connectivity index (χ2n) is 6.16. The van der Waals surface area contributed by atoms with Crippen LogP contribution in [0.4, 0.5) is 5.69 Å². The van der Waals surface area contributed by atoms with Crippen molar-refractivity contribution in [2.75, 3.05) is 11.9 Å². The second-order valence-corrected chi connectivity index (χ2v) is 6.16. The summed E-state index contributed by atoms with van der Waals surface area (Å²) in [5.41, 5.74) is 1.90. The zero-order chi connectivity index (χ0) is 18.9. The molecule has 2 aromatic carbocycles. The molecule has 0 aliphatic rings. The first-order valence-electron chi connectivity index (χ1n) is 8.77. The van der Waals surface area contributed by atoms with Crippen LogP contribution in [0.25, 0.3) is 0 Å². The molecule has 0 unspecified atom stereocenters. The molecule has 0 bridgehead atoms. The smallest absolute Gasteiger partial charge is 0.347 e. The van der Waals surface area contributed by atoms with E-state index in [0.717, 1.165) is 6.42 Å². The van der Waals surface area contributed by atoms with Crippen molar-refractivity contribution >= 4 is 17.6 Å². The highest BCUT2D eigenvalue weighted by molar-refractivity contribution is 5.93. The number of rotatable bonds is 8. The zero-order valence-electron chi connectivity index (χ0n) is 15.4. The number of carbonyl (C=O) groups is 2. The van der Waals surface area contributed by atoms with Gasteiger partial charge in [0.1, 0.15) is 5.75 Å². The van der Waals surface area contributed by atoms with E-state index in [1.807, 2.05) is 42.5 Å². The minimum atomic E-state index is -0.792. The third-order valence-corrected chi connectivity index (χ3v) is 4.11. The molecule has 138 valence electrons. The quantitative estimate of drug-likeness (QED) is 0.723.